The summed E-state index contributed by atoms with van der Waals surface area (Å²) >= 11 is 0. The molecule has 5 amide bonds. The highest BCUT2D eigenvalue weighted by molar-refractivity contribution is 6.04. The molecular weight excluding hydrogens is 507 g/mol. The van der Waals surface area contributed by atoms with E-state index in [2.05, 4.69) is 26.6 Å². The second-order valence-electron chi connectivity index (χ2n) is 10.4. The molecule has 0 aromatic heterocycles. The molecule has 0 aliphatic heterocycles. The SMILES string of the molecule is CC(C)NC(=O)Nc1ccc(C(F)(F)F)cc1C(=O)NCC(=O)N[C@H]1CCCC[C@H]1NC(=O)OC(C)(C)C. The van der Waals surface area contributed by atoms with Gasteiger partial charge in [0.1, 0.15) is 5.60 Å². The molecule has 0 unspecified atom stereocenters. The van der Waals surface area contributed by atoms with Crippen LogP contribution in [-0.2, 0) is 15.7 Å². The number of ether oxygens (including phenoxy) is 1. The van der Waals surface area contributed by atoms with Gasteiger partial charge in [0.15, 0.2) is 0 Å². The molecule has 13 heteroatoms. The van der Waals surface area contributed by atoms with Crippen molar-refractivity contribution in [3.05, 3.63) is 29.3 Å². The Hall–Kier alpha value is -3.51. The number of halogens is 3. The minimum absolute atomic E-state index is 0.150. The molecule has 1 aromatic rings. The fraction of sp³-hybridized carbons (Fsp3) is 0.600. The molecule has 1 fully saturated rings. The Labute approximate surface area is 219 Å². The summed E-state index contributed by atoms with van der Waals surface area (Å²) < 4.78 is 45.0. The zero-order chi connectivity index (χ0) is 28.7. The lowest BCUT2D eigenvalue weighted by molar-refractivity contribution is -0.137. The number of benzene rings is 1. The van der Waals surface area contributed by atoms with E-state index < -0.39 is 59.4 Å². The van der Waals surface area contributed by atoms with Gasteiger partial charge in [0.25, 0.3) is 5.91 Å². The Morgan fingerprint density at radius 2 is 1.61 bits per heavy atom. The first kappa shape index (κ1) is 30.7. The van der Waals surface area contributed by atoms with E-state index in [1.54, 1.807) is 34.6 Å². The Morgan fingerprint density at radius 3 is 2.16 bits per heavy atom. The van der Waals surface area contributed by atoms with E-state index >= 15 is 0 Å². The predicted octanol–water partition coefficient (Wildman–Crippen LogP) is 3.92. The van der Waals surface area contributed by atoms with Crippen LogP contribution in [0.5, 0.6) is 0 Å². The molecule has 38 heavy (non-hydrogen) atoms. The van der Waals surface area contributed by atoms with Crippen molar-refractivity contribution in [2.45, 2.75) is 90.2 Å². The maximum absolute atomic E-state index is 13.3. The fourth-order valence-corrected chi connectivity index (χ4v) is 3.89. The lowest BCUT2D eigenvalue weighted by Gasteiger charge is -2.33. The first-order valence-corrected chi connectivity index (χ1v) is 12.4. The van der Waals surface area contributed by atoms with Crippen molar-refractivity contribution in [3.8, 4) is 0 Å². The van der Waals surface area contributed by atoms with Crippen LogP contribution in [0.1, 0.15) is 76.2 Å². The largest absolute Gasteiger partial charge is 0.444 e. The van der Waals surface area contributed by atoms with Crippen molar-refractivity contribution in [1.82, 2.24) is 21.3 Å². The number of amides is 5. The summed E-state index contributed by atoms with van der Waals surface area (Å²) in [6, 6.07) is 0.594. The van der Waals surface area contributed by atoms with E-state index in [0.717, 1.165) is 25.0 Å². The molecule has 2 rings (SSSR count). The average molecular weight is 544 g/mol. The van der Waals surface area contributed by atoms with Crippen LogP contribution >= 0.6 is 0 Å². The van der Waals surface area contributed by atoms with Crippen LogP contribution in [0, 0.1) is 0 Å². The quantitative estimate of drug-likeness (QED) is 0.355. The number of carbonyl (C=O) groups is 4. The van der Waals surface area contributed by atoms with Gasteiger partial charge in [-0.05, 0) is 65.7 Å². The van der Waals surface area contributed by atoms with Crippen molar-refractivity contribution >= 4 is 29.6 Å². The van der Waals surface area contributed by atoms with Crippen molar-refractivity contribution in [2.24, 2.45) is 0 Å². The van der Waals surface area contributed by atoms with Crippen molar-refractivity contribution in [3.63, 3.8) is 0 Å². The Balaban J connectivity index is 2.06. The summed E-state index contributed by atoms with van der Waals surface area (Å²) in [4.78, 5) is 49.6. The minimum Gasteiger partial charge on any atom is -0.444 e. The van der Waals surface area contributed by atoms with Gasteiger partial charge in [-0.3, -0.25) is 9.59 Å². The molecule has 1 aromatic carbocycles. The van der Waals surface area contributed by atoms with Gasteiger partial charge in [-0.2, -0.15) is 13.2 Å². The maximum Gasteiger partial charge on any atom is 0.416 e. The summed E-state index contributed by atoms with van der Waals surface area (Å²) in [6.07, 6.45) is -2.45. The molecule has 1 aliphatic rings. The van der Waals surface area contributed by atoms with Crippen LogP contribution in [0.4, 0.5) is 28.4 Å². The summed E-state index contributed by atoms with van der Waals surface area (Å²) in [5.41, 5.74) is -2.37. The molecule has 1 aliphatic carbocycles. The van der Waals surface area contributed by atoms with Crippen LogP contribution in [0.3, 0.4) is 0 Å². The van der Waals surface area contributed by atoms with E-state index in [-0.39, 0.29) is 17.8 Å². The number of hydrogen-bond acceptors (Lipinski definition) is 5. The summed E-state index contributed by atoms with van der Waals surface area (Å²) in [5.74, 6) is -1.56. The van der Waals surface area contributed by atoms with E-state index in [4.69, 9.17) is 4.74 Å². The third kappa shape index (κ3) is 10.1. The van der Waals surface area contributed by atoms with Crippen LogP contribution in [0.2, 0.25) is 0 Å². The highest BCUT2D eigenvalue weighted by Crippen LogP contribution is 2.32. The number of carbonyl (C=O) groups excluding carboxylic acids is 4. The third-order valence-electron chi connectivity index (χ3n) is 5.48. The lowest BCUT2D eigenvalue weighted by atomic mass is 9.90. The Morgan fingerprint density at radius 1 is 1.00 bits per heavy atom. The van der Waals surface area contributed by atoms with Gasteiger partial charge >= 0.3 is 18.3 Å². The highest BCUT2D eigenvalue weighted by Gasteiger charge is 2.33. The van der Waals surface area contributed by atoms with Crippen LogP contribution in [0.25, 0.3) is 0 Å². The molecule has 0 radical (unpaired) electrons. The van der Waals surface area contributed by atoms with Gasteiger partial charge in [0, 0.05) is 12.1 Å². The fourth-order valence-electron chi connectivity index (χ4n) is 3.89. The van der Waals surface area contributed by atoms with Gasteiger partial charge in [-0.15, -0.1) is 0 Å². The third-order valence-corrected chi connectivity index (χ3v) is 5.48. The van der Waals surface area contributed by atoms with Crippen LogP contribution < -0.4 is 26.6 Å². The van der Waals surface area contributed by atoms with Gasteiger partial charge < -0.3 is 31.3 Å². The molecule has 0 saturated heterocycles. The molecular formula is C25H36F3N5O5. The lowest BCUT2D eigenvalue weighted by Crippen LogP contribution is -2.55. The second-order valence-corrected chi connectivity index (χ2v) is 10.4. The molecule has 2 atom stereocenters. The van der Waals surface area contributed by atoms with E-state index in [1.807, 2.05) is 0 Å². The van der Waals surface area contributed by atoms with E-state index in [9.17, 15) is 32.3 Å². The van der Waals surface area contributed by atoms with Gasteiger partial charge in [-0.1, -0.05) is 12.8 Å². The van der Waals surface area contributed by atoms with Crippen LogP contribution in [-0.4, -0.2) is 54.2 Å². The standard InChI is InChI=1S/C25H36F3N5O5/c1-14(2)30-22(36)32-17-11-10-15(25(26,27)28)12-16(17)21(35)29-13-20(34)31-18-8-6-7-9-19(18)33-23(37)38-24(3,4)5/h10-12,14,18-19H,6-9,13H2,1-5H3,(H,29,35)(H,31,34)(H,33,37)(H2,30,32,36)/t18-,19+/m0/s1. The number of anilines is 1. The minimum atomic E-state index is -4.72. The first-order chi connectivity index (χ1) is 17.5. The number of hydrogen-bond donors (Lipinski definition) is 5. The number of alkyl halides is 3. The van der Waals surface area contributed by atoms with Crippen molar-refractivity contribution in [2.75, 3.05) is 11.9 Å². The number of urea groups is 1. The number of alkyl carbamates (subject to hydrolysis) is 1. The summed E-state index contributed by atoms with van der Waals surface area (Å²) in [5, 5.41) is 12.7. The zero-order valence-corrected chi connectivity index (χ0v) is 22.2. The molecule has 0 bridgehead atoms. The molecule has 10 nitrogen and oxygen atoms in total. The van der Waals surface area contributed by atoms with E-state index in [1.165, 1.54) is 0 Å². The topological polar surface area (TPSA) is 138 Å². The molecule has 212 valence electrons. The van der Waals surface area contributed by atoms with E-state index in [0.29, 0.717) is 18.9 Å². The molecule has 0 heterocycles. The monoisotopic (exact) mass is 543 g/mol. The highest BCUT2D eigenvalue weighted by atomic mass is 19.4. The summed E-state index contributed by atoms with van der Waals surface area (Å²) in [6.45, 7) is 8.06. The summed E-state index contributed by atoms with van der Waals surface area (Å²) in [7, 11) is 0. The molecule has 1 saturated carbocycles. The predicted molar refractivity (Wildman–Crippen MR) is 135 cm³/mol. The van der Waals surface area contributed by atoms with Gasteiger partial charge in [-0.25, -0.2) is 9.59 Å². The van der Waals surface area contributed by atoms with Crippen molar-refractivity contribution in [1.29, 1.82) is 0 Å². The van der Waals surface area contributed by atoms with Gasteiger partial charge in [0.05, 0.1) is 29.4 Å². The first-order valence-electron chi connectivity index (χ1n) is 12.4. The Kier molecular flexibility index (Phi) is 10.4. The van der Waals surface area contributed by atoms with Crippen molar-refractivity contribution < 1.29 is 37.1 Å². The van der Waals surface area contributed by atoms with Gasteiger partial charge in [0.2, 0.25) is 5.91 Å². The number of rotatable bonds is 7. The number of nitrogens with one attached hydrogen (secondary N) is 5. The average Bonchev–Trinajstić information content (AvgIpc) is 2.76. The second kappa shape index (κ2) is 12.8. The zero-order valence-electron chi connectivity index (χ0n) is 22.2. The van der Waals surface area contributed by atoms with Crippen LogP contribution in [0.15, 0.2) is 18.2 Å². The smallest absolute Gasteiger partial charge is 0.416 e. The molecule has 0 spiro atoms. The normalized spacial score (nSPS) is 17.8. The molecule has 5 N–H and O–H groups in total. The maximum atomic E-state index is 13.3. The Bertz CT molecular complexity index is 1020.